The number of alkyl halides is 1. The number of ether oxygens (including phenoxy) is 1. The third-order valence-electron chi connectivity index (χ3n) is 1.81. The first-order valence-corrected chi connectivity index (χ1v) is 5.56. The van der Waals surface area contributed by atoms with E-state index in [1.54, 1.807) is 0 Å². The van der Waals surface area contributed by atoms with Crippen LogP contribution in [0.2, 0.25) is 0 Å². The van der Waals surface area contributed by atoms with Gasteiger partial charge in [-0.25, -0.2) is 0 Å². The van der Waals surface area contributed by atoms with E-state index in [4.69, 9.17) is 16.3 Å². The topological polar surface area (TPSA) is 26.3 Å². The summed E-state index contributed by atoms with van der Waals surface area (Å²) in [5, 5.41) is 0. The highest BCUT2D eigenvalue weighted by Crippen LogP contribution is 2.02. The number of unbranched alkanes of at least 4 members (excludes halogenated alkanes) is 4. The zero-order valence-corrected chi connectivity index (χ0v) is 9.11. The molecule has 0 unspecified atom stereocenters. The molecule has 0 atom stereocenters. The van der Waals surface area contributed by atoms with Gasteiger partial charge in [0, 0.05) is 5.88 Å². The van der Waals surface area contributed by atoms with E-state index in [1.807, 2.05) is 0 Å². The zero-order chi connectivity index (χ0) is 9.94. The highest BCUT2D eigenvalue weighted by atomic mass is 35.5. The lowest BCUT2D eigenvalue weighted by molar-refractivity contribution is -0.143. The second-order valence-electron chi connectivity index (χ2n) is 3.07. The normalized spacial score (nSPS) is 10.0. The van der Waals surface area contributed by atoms with Crippen molar-refractivity contribution in [3.63, 3.8) is 0 Å². The van der Waals surface area contributed by atoms with Crippen LogP contribution in [0.1, 0.15) is 45.4 Å². The van der Waals surface area contributed by atoms with Gasteiger partial charge in [0.05, 0.1) is 13.0 Å². The standard InChI is InChI=1S/C10H19ClO2/c1-2-3-4-5-6-9-13-10(12)7-8-11/h2-9H2,1H3. The Bertz CT molecular complexity index is 126. The number of carbonyl (C=O) groups is 1. The maximum Gasteiger partial charge on any atom is 0.306 e. The van der Waals surface area contributed by atoms with Crippen LogP contribution in [0, 0.1) is 0 Å². The van der Waals surface area contributed by atoms with Crippen LogP contribution in [0.25, 0.3) is 0 Å². The third-order valence-corrected chi connectivity index (χ3v) is 2.00. The van der Waals surface area contributed by atoms with Crippen LogP contribution in [0.5, 0.6) is 0 Å². The fraction of sp³-hybridized carbons (Fsp3) is 0.900. The summed E-state index contributed by atoms with van der Waals surface area (Å²) < 4.78 is 4.94. The van der Waals surface area contributed by atoms with Crippen molar-refractivity contribution in [1.82, 2.24) is 0 Å². The minimum absolute atomic E-state index is 0.175. The SMILES string of the molecule is CCCCCCCOC(=O)CCCl. The molecule has 0 aromatic heterocycles. The Morgan fingerprint density at radius 1 is 1.23 bits per heavy atom. The molecular formula is C10H19ClO2. The largest absolute Gasteiger partial charge is 0.466 e. The fourth-order valence-electron chi connectivity index (χ4n) is 1.04. The monoisotopic (exact) mass is 206 g/mol. The van der Waals surface area contributed by atoms with Crippen molar-refractivity contribution < 1.29 is 9.53 Å². The van der Waals surface area contributed by atoms with Gasteiger partial charge in [-0.15, -0.1) is 11.6 Å². The maximum absolute atomic E-state index is 10.8. The average Bonchev–Trinajstić information content (AvgIpc) is 2.11. The number of halogens is 1. The first kappa shape index (κ1) is 12.8. The van der Waals surface area contributed by atoms with Crippen LogP contribution in [0.15, 0.2) is 0 Å². The smallest absolute Gasteiger partial charge is 0.306 e. The molecule has 0 fully saturated rings. The van der Waals surface area contributed by atoms with Crippen LogP contribution in [-0.4, -0.2) is 18.5 Å². The van der Waals surface area contributed by atoms with Gasteiger partial charge in [0.1, 0.15) is 0 Å². The van der Waals surface area contributed by atoms with Crippen LogP contribution < -0.4 is 0 Å². The Kier molecular flexibility index (Phi) is 9.66. The summed E-state index contributed by atoms with van der Waals surface area (Å²) >= 11 is 5.38. The van der Waals surface area contributed by atoms with Crippen molar-refractivity contribution in [3.05, 3.63) is 0 Å². The Morgan fingerprint density at radius 2 is 1.92 bits per heavy atom. The van der Waals surface area contributed by atoms with E-state index in [0.29, 0.717) is 18.9 Å². The van der Waals surface area contributed by atoms with E-state index in [9.17, 15) is 4.79 Å². The number of carbonyl (C=O) groups excluding carboxylic acids is 1. The lowest BCUT2D eigenvalue weighted by Gasteiger charge is -2.02. The average molecular weight is 207 g/mol. The van der Waals surface area contributed by atoms with E-state index in [1.165, 1.54) is 19.3 Å². The summed E-state index contributed by atoms with van der Waals surface area (Å²) in [7, 11) is 0. The van der Waals surface area contributed by atoms with E-state index in [-0.39, 0.29) is 5.97 Å². The summed E-state index contributed by atoms with van der Waals surface area (Å²) in [6.07, 6.45) is 6.22. The Hall–Kier alpha value is -0.240. The van der Waals surface area contributed by atoms with Crippen molar-refractivity contribution in [2.75, 3.05) is 12.5 Å². The highest BCUT2D eigenvalue weighted by molar-refractivity contribution is 6.18. The molecule has 0 aromatic carbocycles. The van der Waals surface area contributed by atoms with Gasteiger partial charge in [0.15, 0.2) is 0 Å². The zero-order valence-electron chi connectivity index (χ0n) is 8.35. The predicted molar refractivity (Wildman–Crippen MR) is 55.1 cm³/mol. The van der Waals surface area contributed by atoms with Gasteiger partial charge in [0.2, 0.25) is 0 Å². The molecule has 0 aliphatic rings. The molecule has 0 N–H and O–H groups in total. The van der Waals surface area contributed by atoms with E-state index in [0.717, 1.165) is 12.8 Å². The number of hydrogen-bond donors (Lipinski definition) is 0. The summed E-state index contributed by atoms with van der Waals surface area (Å²) in [5.74, 6) is 0.180. The minimum Gasteiger partial charge on any atom is -0.466 e. The van der Waals surface area contributed by atoms with Gasteiger partial charge in [-0.2, -0.15) is 0 Å². The quantitative estimate of drug-likeness (QED) is 0.347. The Labute approximate surface area is 85.6 Å². The molecule has 0 amide bonds. The molecule has 0 radical (unpaired) electrons. The molecule has 0 spiro atoms. The lowest BCUT2D eigenvalue weighted by atomic mass is 10.2. The number of esters is 1. The first-order chi connectivity index (χ1) is 6.31. The van der Waals surface area contributed by atoms with Crippen molar-refractivity contribution in [1.29, 1.82) is 0 Å². The molecule has 0 saturated heterocycles. The highest BCUT2D eigenvalue weighted by Gasteiger charge is 1.99. The lowest BCUT2D eigenvalue weighted by Crippen LogP contribution is -2.05. The van der Waals surface area contributed by atoms with E-state index >= 15 is 0 Å². The molecule has 0 aliphatic carbocycles. The van der Waals surface area contributed by atoms with Gasteiger partial charge in [-0.1, -0.05) is 32.6 Å². The van der Waals surface area contributed by atoms with Gasteiger partial charge in [-0.05, 0) is 6.42 Å². The molecule has 0 heterocycles. The van der Waals surface area contributed by atoms with Crippen molar-refractivity contribution >= 4 is 17.6 Å². The third kappa shape index (κ3) is 9.68. The van der Waals surface area contributed by atoms with Crippen LogP contribution in [0.3, 0.4) is 0 Å². The molecule has 0 bridgehead atoms. The maximum atomic E-state index is 10.8. The van der Waals surface area contributed by atoms with Gasteiger partial charge in [-0.3, -0.25) is 4.79 Å². The molecular weight excluding hydrogens is 188 g/mol. The van der Waals surface area contributed by atoms with Gasteiger partial charge >= 0.3 is 5.97 Å². The molecule has 0 saturated carbocycles. The molecule has 0 aromatic rings. The molecule has 13 heavy (non-hydrogen) atoms. The summed E-state index contributed by atoms with van der Waals surface area (Å²) in [4.78, 5) is 10.8. The predicted octanol–water partition coefficient (Wildman–Crippen LogP) is 3.13. The van der Waals surface area contributed by atoms with Crippen LogP contribution in [0.4, 0.5) is 0 Å². The van der Waals surface area contributed by atoms with Crippen LogP contribution in [-0.2, 0) is 9.53 Å². The molecule has 2 nitrogen and oxygen atoms in total. The number of rotatable bonds is 8. The van der Waals surface area contributed by atoms with Crippen molar-refractivity contribution in [2.45, 2.75) is 45.4 Å². The summed E-state index contributed by atoms with van der Waals surface area (Å²) in [6, 6.07) is 0. The van der Waals surface area contributed by atoms with Crippen molar-refractivity contribution in [3.8, 4) is 0 Å². The second-order valence-corrected chi connectivity index (χ2v) is 3.45. The van der Waals surface area contributed by atoms with Gasteiger partial charge < -0.3 is 4.74 Å². The fourth-order valence-corrected chi connectivity index (χ4v) is 1.20. The number of hydrogen-bond acceptors (Lipinski definition) is 2. The Morgan fingerprint density at radius 3 is 2.54 bits per heavy atom. The molecule has 78 valence electrons. The molecule has 3 heteroatoms. The van der Waals surface area contributed by atoms with Gasteiger partial charge in [0.25, 0.3) is 0 Å². The summed E-state index contributed by atoms with van der Waals surface area (Å²) in [5.41, 5.74) is 0. The minimum atomic E-state index is -0.175. The molecule has 0 aliphatic heterocycles. The Balaban J connectivity index is 3.02. The van der Waals surface area contributed by atoms with Crippen LogP contribution >= 0.6 is 11.6 Å². The molecule has 0 rings (SSSR count). The first-order valence-electron chi connectivity index (χ1n) is 5.02. The summed E-state index contributed by atoms with van der Waals surface area (Å²) in [6.45, 7) is 2.74. The second kappa shape index (κ2) is 9.85. The van der Waals surface area contributed by atoms with E-state index < -0.39 is 0 Å². The van der Waals surface area contributed by atoms with Crippen molar-refractivity contribution in [2.24, 2.45) is 0 Å². The van der Waals surface area contributed by atoms with E-state index in [2.05, 4.69) is 6.92 Å².